The first-order valence-corrected chi connectivity index (χ1v) is 6.06. The summed E-state index contributed by atoms with van der Waals surface area (Å²) in [7, 11) is 0. The molecule has 1 atom stereocenters. The predicted molar refractivity (Wildman–Crippen MR) is 63.6 cm³/mol. The smallest absolute Gasteiger partial charge is 0.303 e. The summed E-state index contributed by atoms with van der Waals surface area (Å²) in [6.45, 7) is 2.09. The Labute approximate surface area is 102 Å². The summed E-state index contributed by atoms with van der Waals surface area (Å²) in [4.78, 5) is 32.3. The Morgan fingerprint density at radius 2 is 1.94 bits per heavy atom. The van der Waals surface area contributed by atoms with Crippen LogP contribution in [0, 0.1) is 0 Å². The molecule has 5 heteroatoms. The largest absolute Gasteiger partial charge is 0.481 e. The Morgan fingerprint density at radius 1 is 1.24 bits per heavy atom. The molecule has 0 heterocycles. The fourth-order valence-electron chi connectivity index (χ4n) is 1.44. The van der Waals surface area contributed by atoms with E-state index in [-0.39, 0.29) is 18.7 Å². The van der Waals surface area contributed by atoms with Gasteiger partial charge in [0, 0.05) is 12.8 Å². The quantitative estimate of drug-likeness (QED) is 0.450. The second kappa shape index (κ2) is 9.81. The Kier molecular flexibility index (Phi) is 9.01. The number of carboxylic acid groups (broad SMARTS) is 1. The summed E-state index contributed by atoms with van der Waals surface area (Å²) in [5.74, 6) is -1.14. The first-order chi connectivity index (χ1) is 8.10. The van der Waals surface area contributed by atoms with Gasteiger partial charge in [-0.05, 0) is 12.8 Å². The lowest BCUT2D eigenvalue weighted by Crippen LogP contribution is -2.36. The lowest BCUT2D eigenvalue weighted by molar-refractivity contribution is -0.137. The molecule has 0 unspecified atom stereocenters. The number of rotatable bonds is 10. The van der Waals surface area contributed by atoms with E-state index in [0.717, 1.165) is 25.7 Å². The van der Waals surface area contributed by atoms with Gasteiger partial charge in [0.05, 0.1) is 6.04 Å². The molecule has 0 aliphatic heterocycles. The zero-order valence-corrected chi connectivity index (χ0v) is 10.3. The van der Waals surface area contributed by atoms with E-state index in [9.17, 15) is 14.4 Å². The van der Waals surface area contributed by atoms with Crippen molar-refractivity contribution in [3.05, 3.63) is 0 Å². The van der Waals surface area contributed by atoms with Crippen molar-refractivity contribution in [2.24, 2.45) is 0 Å². The maximum atomic E-state index is 11.4. The van der Waals surface area contributed by atoms with Crippen LogP contribution in [0.5, 0.6) is 0 Å². The van der Waals surface area contributed by atoms with Gasteiger partial charge in [-0.3, -0.25) is 9.59 Å². The van der Waals surface area contributed by atoms with Crippen LogP contribution in [-0.2, 0) is 14.4 Å². The summed E-state index contributed by atoms with van der Waals surface area (Å²) >= 11 is 0. The lowest BCUT2D eigenvalue weighted by atomic mass is 10.1. The second-order valence-corrected chi connectivity index (χ2v) is 4.05. The van der Waals surface area contributed by atoms with Gasteiger partial charge in [0.25, 0.3) is 0 Å². The number of carbonyl (C=O) groups excluding carboxylic acids is 2. The molecule has 0 saturated carbocycles. The third-order valence-electron chi connectivity index (χ3n) is 2.44. The van der Waals surface area contributed by atoms with Crippen LogP contribution in [0.2, 0.25) is 0 Å². The monoisotopic (exact) mass is 243 g/mol. The molecular weight excluding hydrogens is 222 g/mol. The van der Waals surface area contributed by atoms with Crippen molar-refractivity contribution < 1.29 is 19.5 Å². The van der Waals surface area contributed by atoms with Crippen LogP contribution in [0.3, 0.4) is 0 Å². The number of hydrogen-bond donors (Lipinski definition) is 2. The molecule has 0 aromatic rings. The van der Waals surface area contributed by atoms with Gasteiger partial charge < -0.3 is 15.2 Å². The van der Waals surface area contributed by atoms with Gasteiger partial charge >= 0.3 is 5.97 Å². The fraction of sp³-hybridized carbons (Fsp3) is 0.750. The average molecular weight is 243 g/mol. The molecule has 98 valence electrons. The number of carbonyl (C=O) groups is 3. The van der Waals surface area contributed by atoms with Gasteiger partial charge in [-0.2, -0.15) is 0 Å². The molecule has 0 radical (unpaired) electrons. The molecule has 0 aliphatic carbocycles. The number of amides is 1. The predicted octanol–water partition coefficient (Wildman–Crippen LogP) is 1.51. The van der Waals surface area contributed by atoms with Crippen LogP contribution in [-0.4, -0.2) is 29.3 Å². The molecular formula is C12H21NO4. The molecule has 0 aromatic carbocycles. The third-order valence-corrected chi connectivity index (χ3v) is 2.44. The standard InChI is InChI=1S/C12H21NO4/c1-2-3-4-5-6-11(15)13-10(9-14)7-8-12(16)17/h9-10H,2-8H2,1H3,(H,13,15)(H,16,17)/t10-/m1/s1. The molecule has 0 fully saturated rings. The van der Waals surface area contributed by atoms with Crippen LogP contribution in [0.1, 0.15) is 51.9 Å². The number of aldehydes is 1. The fourth-order valence-corrected chi connectivity index (χ4v) is 1.44. The highest BCUT2D eigenvalue weighted by atomic mass is 16.4. The molecule has 17 heavy (non-hydrogen) atoms. The van der Waals surface area contributed by atoms with Crippen LogP contribution < -0.4 is 5.32 Å². The molecule has 1 amide bonds. The highest BCUT2D eigenvalue weighted by molar-refractivity contribution is 5.79. The molecule has 0 rings (SSSR count). The normalized spacial score (nSPS) is 11.8. The third kappa shape index (κ3) is 9.53. The van der Waals surface area contributed by atoms with Crippen molar-refractivity contribution in [3.8, 4) is 0 Å². The van der Waals surface area contributed by atoms with Crippen LogP contribution in [0.25, 0.3) is 0 Å². The molecule has 0 aromatic heterocycles. The van der Waals surface area contributed by atoms with Crippen LogP contribution in [0.15, 0.2) is 0 Å². The van der Waals surface area contributed by atoms with Crippen molar-refractivity contribution in [3.63, 3.8) is 0 Å². The van der Waals surface area contributed by atoms with Gasteiger partial charge in [0.2, 0.25) is 5.91 Å². The van der Waals surface area contributed by atoms with E-state index in [1.165, 1.54) is 0 Å². The minimum atomic E-state index is -0.964. The van der Waals surface area contributed by atoms with Crippen molar-refractivity contribution in [2.45, 2.75) is 57.9 Å². The summed E-state index contributed by atoms with van der Waals surface area (Å²) in [5, 5.41) is 11.0. The van der Waals surface area contributed by atoms with Gasteiger partial charge in [0.15, 0.2) is 0 Å². The minimum Gasteiger partial charge on any atom is -0.481 e. The van der Waals surface area contributed by atoms with E-state index in [4.69, 9.17) is 5.11 Å². The number of nitrogens with one attached hydrogen (secondary N) is 1. The second-order valence-electron chi connectivity index (χ2n) is 4.05. The Hall–Kier alpha value is -1.39. The molecule has 0 bridgehead atoms. The van der Waals surface area contributed by atoms with Crippen molar-refractivity contribution in [1.82, 2.24) is 5.32 Å². The lowest BCUT2D eigenvalue weighted by Gasteiger charge is -2.11. The molecule has 0 aliphatic rings. The Morgan fingerprint density at radius 3 is 2.47 bits per heavy atom. The number of aliphatic carboxylic acids is 1. The maximum Gasteiger partial charge on any atom is 0.303 e. The van der Waals surface area contributed by atoms with E-state index < -0.39 is 12.0 Å². The van der Waals surface area contributed by atoms with Gasteiger partial charge in [-0.25, -0.2) is 0 Å². The zero-order valence-electron chi connectivity index (χ0n) is 10.3. The summed E-state index contributed by atoms with van der Waals surface area (Å²) < 4.78 is 0. The number of hydrogen-bond acceptors (Lipinski definition) is 3. The van der Waals surface area contributed by atoms with Gasteiger partial charge in [-0.1, -0.05) is 26.2 Å². The van der Waals surface area contributed by atoms with E-state index in [1.807, 2.05) is 0 Å². The number of unbranched alkanes of at least 4 members (excludes halogenated alkanes) is 3. The van der Waals surface area contributed by atoms with Gasteiger partial charge in [-0.15, -0.1) is 0 Å². The molecule has 5 nitrogen and oxygen atoms in total. The SMILES string of the molecule is CCCCCCC(=O)N[C@@H](C=O)CCC(=O)O. The van der Waals surface area contributed by atoms with E-state index in [0.29, 0.717) is 12.7 Å². The minimum absolute atomic E-state index is 0.112. The van der Waals surface area contributed by atoms with Crippen LogP contribution >= 0.6 is 0 Å². The summed E-state index contributed by atoms with van der Waals surface area (Å²) in [6, 6.07) is -0.676. The summed E-state index contributed by atoms with van der Waals surface area (Å²) in [5.41, 5.74) is 0. The molecule has 2 N–H and O–H groups in total. The average Bonchev–Trinajstić information content (AvgIpc) is 2.30. The van der Waals surface area contributed by atoms with E-state index in [1.54, 1.807) is 0 Å². The topological polar surface area (TPSA) is 83.5 Å². The van der Waals surface area contributed by atoms with Crippen LogP contribution in [0.4, 0.5) is 0 Å². The molecule has 0 saturated heterocycles. The van der Waals surface area contributed by atoms with Crippen molar-refractivity contribution in [1.29, 1.82) is 0 Å². The van der Waals surface area contributed by atoms with E-state index >= 15 is 0 Å². The first kappa shape index (κ1) is 15.6. The highest BCUT2D eigenvalue weighted by Crippen LogP contribution is 2.03. The number of carboxylic acids is 1. The summed E-state index contributed by atoms with van der Waals surface area (Å²) in [6.07, 6.45) is 5.05. The van der Waals surface area contributed by atoms with Gasteiger partial charge in [0.1, 0.15) is 6.29 Å². The Bertz CT molecular complexity index is 253. The Balaban J connectivity index is 3.74. The highest BCUT2D eigenvalue weighted by Gasteiger charge is 2.12. The van der Waals surface area contributed by atoms with Crippen molar-refractivity contribution in [2.75, 3.05) is 0 Å². The van der Waals surface area contributed by atoms with Crippen molar-refractivity contribution >= 4 is 18.2 Å². The first-order valence-electron chi connectivity index (χ1n) is 6.06. The van der Waals surface area contributed by atoms with E-state index in [2.05, 4.69) is 12.2 Å². The maximum absolute atomic E-state index is 11.4. The molecule has 0 spiro atoms. The zero-order chi connectivity index (χ0) is 13.1.